The second-order valence-electron chi connectivity index (χ2n) is 34.9. The van der Waals surface area contributed by atoms with E-state index in [0.29, 0.717) is 45.2 Å². The Kier molecular flexibility index (Phi) is 42.9. The lowest BCUT2D eigenvalue weighted by Gasteiger charge is -2.56. The zero-order valence-corrected chi connectivity index (χ0v) is 117. The van der Waals surface area contributed by atoms with Crippen molar-refractivity contribution in [1.29, 1.82) is 0 Å². The third-order valence-electron chi connectivity index (χ3n) is 31.1. The van der Waals surface area contributed by atoms with Gasteiger partial charge >= 0.3 is 0 Å². The van der Waals surface area contributed by atoms with Gasteiger partial charge in [0, 0.05) is 283 Å². The van der Waals surface area contributed by atoms with E-state index in [9.17, 15) is 0 Å². The molecule has 83 heavy (non-hydrogen) atoms. The average Bonchev–Trinajstić information content (AvgIpc) is 4.17. The van der Waals surface area contributed by atoms with E-state index in [-0.39, 0.29) is 90.0 Å². The van der Waals surface area contributed by atoms with Gasteiger partial charge in [-0.15, -0.1) is 0 Å². The van der Waals surface area contributed by atoms with E-state index >= 15 is 0 Å². The SMILES string of the molecule is CS[Si]1(C)CC([SiH3])C[SiH]1C.C[SiH2][Si]1(C)C([SiH3])C([SiH3])C[SiH](C)[SiH]1C.C[SiH2][Si]1(C)C([SiH3])C([SiH3])C[SiH](C)[Si]1(C)[SiH2]C.C[SiH2][Si]1(C)CC([SiH3])C[Si]1(C)SC.C[SiH2][Si]1(C[SiH3])C([SiH3])C([SiH3])C[SiH](C)[SiH]1C.C[SiH]1CC([SiH3])C([SiH3])[SiH](C)[SiH]1C.C[SiH]1CC([SiH3])C[SiH]1C. The van der Waals surface area contributed by atoms with Gasteiger partial charge < -0.3 is 0 Å². The quantitative estimate of drug-likeness (QED) is 0.223. The zero-order chi connectivity index (χ0) is 64.9. The lowest BCUT2D eigenvalue weighted by atomic mass is 10.5. The molecule has 7 fully saturated rings. The third-order valence-corrected chi connectivity index (χ3v) is 412. The molecule has 28 unspecified atom stereocenters. The minimum absolute atomic E-state index is 0.0278. The Morgan fingerprint density at radius 1 is 0.434 bits per heavy atom. The van der Waals surface area contributed by atoms with Crippen LogP contribution in [0.4, 0.5) is 0 Å². The van der Waals surface area contributed by atoms with E-state index in [2.05, 4.69) is 179 Å². The van der Waals surface area contributed by atoms with Crippen molar-refractivity contribution >= 4 is 329 Å². The minimum atomic E-state index is -0.725. The summed E-state index contributed by atoms with van der Waals surface area (Å²) in [4.78, 5) is 0. The van der Waals surface area contributed by atoms with Gasteiger partial charge in [-0.05, 0) is 22.8 Å². The maximum Gasteiger partial charge on any atom is 0.102 e. The average molecular weight is 1760 g/mol. The highest BCUT2D eigenvalue weighted by molar-refractivity contribution is 8.36. The number of rotatable bonds is 8. The molecule has 7 aliphatic rings. The molecule has 7 aliphatic heterocycles. The third kappa shape index (κ3) is 22.9. The lowest BCUT2D eigenvalue weighted by molar-refractivity contribution is 0.974. The van der Waals surface area contributed by atoms with E-state index in [0.717, 1.165) is 0 Å². The van der Waals surface area contributed by atoms with Crippen molar-refractivity contribution in [3.05, 3.63) is 0 Å². The molecule has 0 aliphatic carbocycles. The summed E-state index contributed by atoms with van der Waals surface area (Å²) >= 11 is 4.60. The first-order chi connectivity index (χ1) is 38.0. The molecule has 0 aromatic rings. The molecule has 37 heteroatoms. The first-order valence-corrected chi connectivity index (χ1v) is 134. The molecule has 0 saturated carbocycles. The summed E-state index contributed by atoms with van der Waals surface area (Å²) in [6.07, 6.45) is 4.76. The summed E-state index contributed by atoms with van der Waals surface area (Å²) in [6.45, 7) is 58.1. The smallest absolute Gasteiger partial charge is 0.102 e. The standard InChI is InChI=1S/C8H30Si7.C7H22SSi4.C7H28Si7.C7H26Si6.C6H18SSi3.C6H22Si5.C5H16Si3/c1-11-14(4)8(10)7(9)6-13(3)15(14,5)12-2;1-8-11(3)5-7(9)6-12(11,4)10-2;1-11-14(5-8)7(10)6(9)4-12(2)13(14)3;1-10-13(4)7(9)6(8)5-11(2)12(13)3;1-7-10(3)5-6(8)4-9(10)2;1-9-4-5(7)6(8)10(2)11(9)3;1-7-3-5(6)4-8(7)2/h7-8,13H,6,11-12H2,1-5,9-10H3;7H,5-6,10H2,1-4,9H3;6-7,12-13H,4-5,11H2,1-3,8-10H3;6-7,11-12H,5,10H2,1-4,8-9H3;6,9H,4-5H2,1-3,8H3;5-6,9-11H,4H2,1-3,7-8H3;5,7-8H,3-4H2,1-2,6H3. The Bertz CT molecular complexity index is 1770. The minimum Gasteiger partial charge on any atom is -0.192 e. The van der Waals surface area contributed by atoms with Crippen LogP contribution in [0, 0.1) is 0 Å². The predicted octanol–water partition coefficient (Wildman–Crippen LogP) is -5.33. The molecule has 498 valence electrons. The van der Waals surface area contributed by atoms with Gasteiger partial charge in [0.2, 0.25) is 0 Å². The molecule has 0 radical (unpaired) electrons. The fourth-order valence-corrected chi connectivity index (χ4v) is 470. The molecule has 0 amide bonds. The van der Waals surface area contributed by atoms with Crippen LogP contribution in [0.5, 0.6) is 0 Å². The Labute approximate surface area is 603 Å². The second kappa shape index (κ2) is 39.9. The topological polar surface area (TPSA) is 0 Å². The van der Waals surface area contributed by atoms with Crippen molar-refractivity contribution in [1.82, 2.24) is 0 Å². The Balaban J connectivity index is 0.000000487. The number of hydrogen-bond acceptors (Lipinski definition) is 2. The summed E-state index contributed by atoms with van der Waals surface area (Å²) in [5.41, 5.74) is 10.8. The van der Waals surface area contributed by atoms with Gasteiger partial charge in [-0.2, -0.15) is 22.4 Å². The fourth-order valence-electron chi connectivity index (χ4n) is 20.9. The van der Waals surface area contributed by atoms with Gasteiger partial charge in [-0.25, -0.2) is 0 Å². The van der Waals surface area contributed by atoms with E-state index in [4.69, 9.17) is 0 Å². The van der Waals surface area contributed by atoms with Crippen LogP contribution < -0.4 is 0 Å². The van der Waals surface area contributed by atoms with Crippen LogP contribution in [-0.2, 0) is 0 Å². The summed E-state index contributed by atoms with van der Waals surface area (Å²) in [6, 6.07) is 17.4. The molecular weight excluding hydrogens is 1600 g/mol. The van der Waals surface area contributed by atoms with Gasteiger partial charge in [0.25, 0.3) is 0 Å². The molecule has 0 bridgehead atoms. The maximum absolute atomic E-state index is 2.93. The predicted molar refractivity (Wildman–Crippen MR) is 531 cm³/mol. The van der Waals surface area contributed by atoms with E-state index < -0.39 is 48.5 Å². The van der Waals surface area contributed by atoms with E-state index in [1.807, 2.05) is 5.67 Å². The lowest BCUT2D eigenvalue weighted by Crippen LogP contribution is -2.78. The van der Waals surface area contributed by atoms with Crippen LogP contribution in [0.3, 0.4) is 0 Å². The van der Waals surface area contributed by atoms with Crippen LogP contribution in [-0.4, -0.2) is 319 Å². The van der Waals surface area contributed by atoms with Crippen LogP contribution in [0.1, 0.15) is 0 Å². The highest BCUT2D eigenvalue weighted by Gasteiger charge is 2.57. The first-order valence-electron chi connectivity index (χ1n) is 37.1. The first kappa shape index (κ1) is 89.3. The largest absolute Gasteiger partial charge is 0.192 e. The van der Waals surface area contributed by atoms with Crippen LogP contribution in [0.15, 0.2) is 0 Å². The van der Waals surface area contributed by atoms with Gasteiger partial charge in [-0.1, -0.05) is 270 Å². The van der Waals surface area contributed by atoms with Crippen molar-refractivity contribution in [3.63, 3.8) is 0 Å². The van der Waals surface area contributed by atoms with Crippen molar-refractivity contribution in [2.45, 2.75) is 270 Å². The van der Waals surface area contributed by atoms with Crippen molar-refractivity contribution in [2.75, 3.05) is 12.5 Å². The van der Waals surface area contributed by atoms with Crippen LogP contribution >= 0.6 is 22.4 Å². The molecule has 28 atom stereocenters. The molecule has 0 nitrogen and oxygen atoms in total. The van der Waals surface area contributed by atoms with E-state index in [1.54, 1.807) is 132 Å². The second-order valence-corrected chi connectivity index (χ2v) is 248. The van der Waals surface area contributed by atoms with Gasteiger partial charge in [0.05, 0.1) is 0 Å². The van der Waals surface area contributed by atoms with Crippen LogP contribution in [0.25, 0.3) is 0 Å². The monoisotopic (exact) mass is 1760 g/mol. The molecular formula is C46H162S2Si35. The molecule has 0 aromatic heterocycles. The van der Waals surface area contributed by atoms with Gasteiger partial charge in [0.15, 0.2) is 0 Å². The summed E-state index contributed by atoms with van der Waals surface area (Å²) in [5, 5.41) is 5.59. The highest BCUT2D eigenvalue weighted by Crippen LogP contribution is 2.49. The summed E-state index contributed by atoms with van der Waals surface area (Å²) in [5.74, 6) is 0. The van der Waals surface area contributed by atoms with Crippen molar-refractivity contribution < 1.29 is 0 Å². The molecule has 7 rings (SSSR count). The van der Waals surface area contributed by atoms with E-state index in [1.165, 1.54) is 111 Å². The van der Waals surface area contributed by atoms with Crippen molar-refractivity contribution in [2.24, 2.45) is 0 Å². The van der Waals surface area contributed by atoms with Gasteiger partial charge in [0.1, 0.15) is 13.5 Å². The molecule has 0 spiro atoms. The number of hydrogen-bond donors (Lipinski definition) is 0. The van der Waals surface area contributed by atoms with Crippen molar-refractivity contribution in [3.8, 4) is 0 Å². The van der Waals surface area contributed by atoms with Crippen LogP contribution in [0.2, 0.25) is 270 Å². The highest BCUT2D eigenvalue weighted by atomic mass is 32.4. The Hall–Kier alpha value is 8.29. The maximum atomic E-state index is 2.93. The molecule has 0 aromatic carbocycles. The molecule has 7 saturated heterocycles. The summed E-state index contributed by atoms with van der Waals surface area (Å²) in [7, 11) is 17.1. The summed E-state index contributed by atoms with van der Waals surface area (Å²) < 4.78 is 0. The zero-order valence-electron chi connectivity index (χ0n) is 64.3. The molecule has 0 N–H and O–H groups in total. The normalized spacial score (nSPS) is 51.3. The Morgan fingerprint density at radius 3 is 1.28 bits per heavy atom. The fraction of sp³-hybridized carbons (Fsp3) is 1.00. The van der Waals surface area contributed by atoms with Gasteiger partial charge in [-0.3, -0.25) is 0 Å². The molecule has 7 heterocycles. The Morgan fingerprint density at radius 2 is 0.916 bits per heavy atom.